The van der Waals surface area contributed by atoms with Crippen molar-refractivity contribution in [1.29, 1.82) is 0 Å². The van der Waals surface area contributed by atoms with Gasteiger partial charge in [-0.3, -0.25) is 10.00 Å². The number of urea groups is 1. The molecule has 0 radical (unpaired) electrons. The summed E-state index contributed by atoms with van der Waals surface area (Å²) < 4.78 is 33.0. The van der Waals surface area contributed by atoms with Crippen LogP contribution in [0.3, 0.4) is 0 Å². The second-order valence-electron chi connectivity index (χ2n) is 5.38. The van der Waals surface area contributed by atoms with Gasteiger partial charge in [-0.1, -0.05) is 0 Å². The predicted octanol–water partition coefficient (Wildman–Crippen LogP) is 0.480. The number of pyridine rings is 1. The molecule has 2 aromatic heterocycles. The van der Waals surface area contributed by atoms with Crippen molar-refractivity contribution in [2.45, 2.75) is 4.90 Å². The molecule has 2 aromatic rings. The van der Waals surface area contributed by atoms with E-state index in [1.807, 2.05) is 0 Å². The zero-order valence-electron chi connectivity index (χ0n) is 13.5. The summed E-state index contributed by atoms with van der Waals surface area (Å²) in [5.74, 6) is 0.238. The molecule has 0 unspecified atom stereocenters. The van der Waals surface area contributed by atoms with Gasteiger partial charge in [0.1, 0.15) is 10.7 Å². The standard InChI is InChI=1S/C14H18N6O4S/c1-19-10-11(8-16-19)17-14(21)18-13-3-2-12(9-15-13)25(22,23)20-4-6-24-7-5-20/h2-3,8-10H,4-7H2,1H3,(H2,15,17,18,21). The molecule has 0 bridgehead atoms. The van der Waals surface area contributed by atoms with E-state index in [1.54, 1.807) is 17.9 Å². The number of morpholine rings is 1. The van der Waals surface area contributed by atoms with Crippen molar-refractivity contribution in [3.05, 3.63) is 30.7 Å². The van der Waals surface area contributed by atoms with Crippen molar-refractivity contribution in [3.63, 3.8) is 0 Å². The molecule has 1 fully saturated rings. The smallest absolute Gasteiger partial charge is 0.324 e. The van der Waals surface area contributed by atoms with Crippen molar-refractivity contribution in [1.82, 2.24) is 19.1 Å². The summed E-state index contributed by atoms with van der Waals surface area (Å²) in [7, 11) is -1.87. The predicted molar refractivity (Wildman–Crippen MR) is 89.7 cm³/mol. The van der Waals surface area contributed by atoms with Crippen LogP contribution in [0.15, 0.2) is 35.6 Å². The van der Waals surface area contributed by atoms with Crippen LogP contribution in [0.1, 0.15) is 0 Å². The first-order valence-corrected chi connectivity index (χ1v) is 9.00. The summed E-state index contributed by atoms with van der Waals surface area (Å²) >= 11 is 0. The van der Waals surface area contributed by atoms with Gasteiger partial charge in [0.2, 0.25) is 10.0 Å². The molecule has 3 rings (SSSR count). The molecule has 0 aliphatic carbocycles. The zero-order valence-corrected chi connectivity index (χ0v) is 14.4. The SMILES string of the molecule is Cn1cc(NC(=O)Nc2ccc(S(=O)(=O)N3CCOCC3)cn2)cn1. The summed E-state index contributed by atoms with van der Waals surface area (Å²) in [6, 6.07) is 2.36. The Morgan fingerprint density at radius 3 is 2.56 bits per heavy atom. The normalized spacial score (nSPS) is 15.7. The molecule has 1 aliphatic heterocycles. The largest absolute Gasteiger partial charge is 0.379 e. The van der Waals surface area contributed by atoms with Crippen LogP contribution in [0.5, 0.6) is 0 Å². The average Bonchev–Trinajstić information content (AvgIpc) is 3.01. The van der Waals surface area contributed by atoms with Gasteiger partial charge in [-0.2, -0.15) is 9.40 Å². The maximum absolute atomic E-state index is 12.5. The molecule has 0 saturated carbocycles. The number of carbonyl (C=O) groups is 1. The van der Waals surface area contributed by atoms with Gasteiger partial charge < -0.3 is 10.1 Å². The molecule has 3 heterocycles. The van der Waals surface area contributed by atoms with Crippen LogP contribution in [0.2, 0.25) is 0 Å². The Labute approximate surface area is 144 Å². The highest BCUT2D eigenvalue weighted by atomic mass is 32.2. The lowest BCUT2D eigenvalue weighted by atomic mass is 10.4. The summed E-state index contributed by atoms with van der Waals surface area (Å²) in [6.07, 6.45) is 4.38. The van der Waals surface area contributed by atoms with Crippen LogP contribution < -0.4 is 10.6 Å². The van der Waals surface area contributed by atoms with Gasteiger partial charge in [-0.15, -0.1) is 0 Å². The van der Waals surface area contributed by atoms with Gasteiger partial charge in [0, 0.05) is 32.5 Å². The number of carbonyl (C=O) groups excluding carboxylic acids is 1. The number of nitrogens with one attached hydrogen (secondary N) is 2. The van der Waals surface area contributed by atoms with E-state index in [2.05, 4.69) is 20.7 Å². The number of ether oxygens (including phenoxy) is 1. The van der Waals surface area contributed by atoms with E-state index in [9.17, 15) is 13.2 Å². The fraction of sp³-hybridized carbons (Fsp3) is 0.357. The van der Waals surface area contributed by atoms with Crippen molar-refractivity contribution in [2.24, 2.45) is 7.05 Å². The third-order valence-electron chi connectivity index (χ3n) is 3.55. The second-order valence-corrected chi connectivity index (χ2v) is 7.32. The first-order valence-electron chi connectivity index (χ1n) is 7.56. The lowest BCUT2D eigenvalue weighted by Gasteiger charge is -2.25. The highest BCUT2D eigenvalue weighted by Crippen LogP contribution is 2.17. The zero-order chi connectivity index (χ0) is 17.9. The van der Waals surface area contributed by atoms with Crippen LogP contribution >= 0.6 is 0 Å². The van der Waals surface area contributed by atoms with E-state index in [0.29, 0.717) is 32.0 Å². The van der Waals surface area contributed by atoms with Crippen LogP contribution in [0.4, 0.5) is 16.3 Å². The molecule has 1 aliphatic rings. The number of sulfonamides is 1. The Kier molecular flexibility index (Phi) is 4.97. The lowest BCUT2D eigenvalue weighted by molar-refractivity contribution is 0.0730. The van der Waals surface area contributed by atoms with Crippen molar-refractivity contribution in [3.8, 4) is 0 Å². The van der Waals surface area contributed by atoms with Gasteiger partial charge in [0.25, 0.3) is 0 Å². The first kappa shape index (κ1) is 17.3. The number of aryl methyl sites for hydroxylation is 1. The highest BCUT2D eigenvalue weighted by Gasteiger charge is 2.26. The lowest BCUT2D eigenvalue weighted by Crippen LogP contribution is -2.40. The Bertz CT molecular complexity index is 842. The first-order chi connectivity index (χ1) is 11.9. The number of hydrogen-bond acceptors (Lipinski definition) is 6. The summed E-state index contributed by atoms with van der Waals surface area (Å²) in [6.45, 7) is 1.38. The van der Waals surface area contributed by atoms with Crippen LogP contribution in [-0.4, -0.2) is 59.8 Å². The van der Waals surface area contributed by atoms with Crippen molar-refractivity contribution in [2.75, 3.05) is 36.9 Å². The molecule has 0 spiro atoms. The van der Waals surface area contributed by atoms with Crippen molar-refractivity contribution >= 4 is 27.6 Å². The Morgan fingerprint density at radius 2 is 1.96 bits per heavy atom. The fourth-order valence-electron chi connectivity index (χ4n) is 2.31. The maximum atomic E-state index is 12.5. The van der Waals surface area contributed by atoms with Gasteiger partial charge >= 0.3 is 6.03 Å². The van der Waals surface area contributed by atoms with Gasteiger partial charge in [0.05, 0.1) is 25.1 Å². The molecule has 10 nitrogen and oxygen atoms in total. The average molecular weight is 366 g/mol. The number of hydrogen-bond donors (Lipinski definition) is 2. The number of rotatable bonds is 4. The third kappa shape index (κ3) is 4.13. The molecular formula is C14H18N6O4S. The molecular weight excluding hydrogens is 348 g/mol. The molecule has 2 N–H and O–H groups in total. The number of amides is 2. The van der Waals surface area contributed by atoms with Crippen molar-refractivity contribution < 1.29 is 17.9 Å². The Hall–Kier alpha value is -2.50. The minimum Gasteiger partial charge on any atom is -0.379 e. The van der Waals surface area contributed by atoms with Gasteiger partial charge in [-0.05, 0) is 12.1 Å². The highest BCUT2D eigenvalue weighted by molar-refractivity contribution is 7.89. The van der Waals surface area contributed by atoms with E-state index in [0.717, 1.165) is 0 Å². The minimum absolute atomic E-state index is 0.0765. The molecule has 2 amide bonds. The summed E-state index contributed by atoms with van der Waals surface area (Å²) in [5, 5.41) is 9.06. The monoisotopic (exact) mass is 366 g/mol. The number of nitrogens with zero attached hydrogens (tertiary/aromatic N) is 4. The van der Waals surface area contributed by atoms with Gasteiger partial charge in [0.15, 0.2) is 0 Å². The van der Waals surface area contributed by atoms with E-state index in [4.69, 9.17) is 4.74 Å². The molecule has 11 heteroatoms. The van der Waals surface area contributed by atoms with E-state index in [1.165, 1.54) is 28.8 Å². The number of anilines is 2. The molecule has 25 heavy (non-hydrogen) atoms. The summed E-state index contributed by atoms with van der Waals surface area (Å²) in [4.78, 5) is 16.0. The van der Waals surface area contributed by atoms with Gasteiger partial charge in [-0.25, -0.2) is 18.2 Å². The Morgan fingerprint density at radius 1 is 1.20 bits per heavy atom. The van der Waals surface area contributed by atoms with E-state index in [-0.39, 0.29) is 10.7 Å². The van der Waals surface area contributed by atoms with Crippen LogP contribution in [0.25, 0.3) is 0 Å². The Balaban J connectivity index is 1.64. The fourth-order valence-corrected chi connectivity index (χ4v) is 3.66. The van der Waals surface area contributed by atoms with E-state index >= 15 is 0 Å². The van der Waals surface area contributed by atoms with E-state index < -0.39 is 16.1 Å². The minimum atomic E-state index is -3.60. The third-order valence-corrected chi connectivity index (χ3v) is 5.43. The van der Waals surface area contributed by atoms with Crippen LogP contribution in [-0.2, 0) is 21.8 Å². The second kappa shape index (κ2) is 7.17. The van der Waals surface area contributed by atoms with Crippen LogP contribution in [0, 0.1) is 0 Å². The molecule has 134 valence electrons. The quantitative estimate of drug-likeness (QED) is 0.812. The number of aromatic nitrogens is 3. The molecule has 0 atom stereocenters. The maximum Gasteiger partial charge on any atom is 0.324 e. The summed E-state index contributed by atoms with van der Waals surface area (Å²) in [5.41, 5.74) is 0.534. The molecule has 1 saturated heterocycles. The topological polar surface area (TPSA) is 118 Å². The molecule has 0 aromatic carbocycles.